The highest BCUT2D eigenvalue weighted by molar-refractivity contribution is 5.77. The molecule has 2 aromatic rings. The normalized spacial score (nSPS) is 10.8. The van der Waals surface area contributed by atoms with Gasteiger partial charge in [-0.2, -0.15) is 5.10 Å². The Morgan fingerprint density at radius 2 is 2.05 bits per heavy atom. The molecule has 0 radical (unpaired) electrons. The van der Waals surface area contributed by atoms with Gasteiger partial charge in [0.1, 0.15) is 0 Å². The van der Waals surface area contributed by atoms with Crippen LogP contribution in [0.4, 0.5) is 0 Å². The molecule has 1 aromatic carbocycles. The Morgan fingerprint density at radius 1 is 1.29 bits per heavy atom. The Kier molecular flexibility index (Phi) is 5.51. The second-order valence-corrected chi connectivity index (χ2v) is 5.42. The van der Waals surface area contributed by atoms with Gasteiger partial charge < -0.3 is 10.6 Å². The highest BCUT2D eigenvalue weighted by Gasteiger charge is 2.02. The van der Waals surface area contributed by atoms with E-state index in [4.69, 9.17) is 0 Å². The van der Waals surface area contributed by atoms with Crippen LogP contribution in [0.3, 0.4) is 0 Å². The highest BCUT2D eigenvalue weighted by Crippen LogP contribution is 2.08. The van der Waals surface area contributed by atoms with Crippen molar-refractivity contribution >= 4 is 5.91 Å². The predicted molar refractivity (Wildman–Crippen MR) is 83.1 cm³/mol. The maximum absolute atomic E-state index is 11.6. The van der Waals surface area contributed by atoms with Gasteiger partial charge in [0.25, 0.3) is 0 Å². The summed E-state index contributed by atoms with van der Waals surface area (Å²) in [6.07, 6.45) is 3.66. The van der Waals surface area contributed by atoms with Crippen LogP contribution in [0.2, 0.25) is 0 Å². The molecule has 1 amide bonds. The SMILES string of the molecule is CC(C)CNC(=O)CNCc1ccc(-n2cccn2)cc1. The first kappa shape index (κ1) is 15.3. The van der Waals surface area contributed by atoms with Crippen molar-refractivity contribution in [3.05, 3.63) is 48.3 Å². The van der Waals surface area contributed by atoms with E-state index in [0.29, 0.717) is 19.0 Å². The minimum atomic E-state index is 0.0388. The monoisotopic (exact) mass is 286 g/mol. The summed E-state index contributed by atoms with van der Waals surface area (Å²) in [5.74, 6) is 0.514. The van der Waals surface area contributed by atoms with Crippen LogP contribution in [-0.2, 0) is 11.3 Å². The van der Waals surface area contributed by atoms with Gasteiger partial charge in [0.2, 0.25) is 5.91 Å². The molecule has 0 spiro atoms. The minimum Gasteiger partial charge on any atom is -0.355 e. The molecule has 0 bridgehead atoms. The molecule has 2 N–H and O–H groups in total. The molecule has 2 rings (SSSR count). The van der Waals surface area contributed by atoms with Crippen molar-refractivity contribution in [2.75, 3.05) is 13.1 Å². The van der Waals surface area contributed by atoms with Gasteiger partial charge in [-0.1, -0.05) is 26.0 Å². The molecule has 0 atom stereocenters. The predicted octanol–water partition coefficient (Wildman–Crippen LogP) is 1.73. The van der Waals surface area contributed by atoms with Gasteiger partial charge >= 0.3 is 0 Å². The fourth-order valence-corrected chi connectivity index (χ4v) is 1.89. The molecule has 1 heterocycles. The summed E-state index contributed by atoms with van der Waals surface area (Å²) >= 11 is 0. The minimum absolute atomic E-state index is 0.0388. The highest BCUT2D eigenvalue weighted by atomic mass is 16.1. The molecule has 0 aliphatic heterocycles. The zero-order chi connectivity index (χ0) is 15.1. The summed E-state index contributed by atoms with van der Waals surface area (Å²) in [6.45, 7) is 5.89. The molecule has 0 unspecified atom stereocenters. The lowest BCUT2D eigenvalue weighted by atomic mass is 10.2. The van der Waals surface area contributed by atoms with E-state index >= 15 is 0 Å². The topological polar surface area (TPSA) is 59.0 Å². The number of rotatable bonds is 7. The lowest BCUT2D eigenvalue weighted by Gasteiger charge is -2.09. The van der Waals surface area contributed by atoms with Crippen LogP contribution in [-0.4, -0.2) is 28.8 Å². The number of aromatic nitrogens is 2. The smallest absolute Gasteiger partial charge is 0.233 e. The van der Waals surface area contributed by atoms with Crippen LogP contribution in [0.5, 0.6) is 0 Å². The number of nitrogens with one attached hydrogen (secondary N) is 2. The zero-order valence-electron chi connectivity index (χ0n) is 12.5. The quantitative estimate of drug-likeness (QED) is 0.815. The third-order valence-electron chi connectivity index (χ3n) is 3.03. The van der Waals surface area contributed by atoms with Crippen molar-refractivity contribution in [2.45, 2.75) is 20.4 Å². The average Bonchev–Trinajstić information content (AvgIpc) is 3.00. The van der Waals surface area contributed by atoms with E-state index in [1.54, 1.807) is 6.20 Å². The second-order valence-electron chi connectivity index (χ2n) is 5.42. The van der Waals surface area contributed by atoms with Gasteiger partial charge in [-0.05, 0) is 29.7 Å². The third-order valence-corrected chi connectivity index (χ3v) is 3.03. The van der Waals surface area contributed by atoms with Crippen LogP contribution in [0.1, 0.15) is 19.4 Å². The van der Waals surface area contributed by atoms with Gasteiger partial charge in [-0.15, -0.1) is 0 Å². The van der Waals surface area contributed by atoms with Crippen molar-refractivity contribution in [1.82, 2.24) is 20.4 Å². The molecule has 0 saturated carbocycles. The lowest BCUT2D eigenvalue weighted by Crippen LogP contribution is -2.35. The van der Waals surface area contributed by atoms with Crippen LogP contribution in [0.15, 0.2) is 42.7 Å². The fourth-order valence-electron chi connectivity index (χ4n) is 1.89. The molecule has 5 nitrogen and oxygen atoms in total. The molecular formula is C16H22N4O. The summed E-state index contributed by atoms with van der Waals surface area (Å²) < 4.78 is 1.82. The molecular weight excluding hydrogens is 264 g/mol. The number of nitrogens with zero attached hydrogens (tertiary/aromatic N) is 2. The van der Waals surface area contributed by atoms with E-state index in [-0.39, 0.29) is 5.91 Å². The van der Waals surface area contributed by atoms with Crippen LogP contribution < -0.4 is 10.6 Å². The molecule has 0 aliphatic carbocycles. The summed E-state index contributed by atoms with van der Waals surface area (Å²) in [5, 5.41) is 10.2. The van der Waals surface area contributed by atoms with E-state index in [1.807, 2.05) is 41.2 Å². The fraction of sp³-hybridized carbons (Fsp3) is 0.375. The van der Waals surface area contributed by atoms with Crippen molar-refractivity contribution in [3.8, 4) is 5.69 Å². The Hall–Kier alpha value is -2.14. The molecule has 0 aliphatic rings. The Labute approximate surface area is 125 Å². The standard InChI is InChI=1S/C16H22N4O/c1-13(2)10-18-16(21)12-17-11-14-4-6-15(7-5-14)20-9-3-8-19-20/h3-9,13,17H,10-12H2,1-2H3,(H,18,21). The number of benzene rings is 1. The van der Waals surface area contributed by atoms with E-state index < -0.39 is 0 Å². The van der Waals surface area contributed by atoms with E-state index in [2.05, 4.69) is 29.6 Å². The molecule has 112 valence electrons. The average molecular weight is 286 g/mol. The number of hydrogen-bond acceptors (Lipinski definition) is 3. The van der Waals surface area contributed by atoms with E-state index in [0.717, 1.165) is 17.8 Å². The summed E-state index contributed by atoms with van der Waals surface area (Å²) in [7, 11) is 0. The molecule has 5 heteroatoms. The van der Waals surface area contributed by atoms with E-state index in [1.165, 1.54) is 0 Å². The summed E-state index contributed by atoms with van der Waals surface area (Å²) in [6, 6.07) is 10.0. The molecule has 0 fully saturated rings. The maximum atomic E-state index is 11.6. The summed E-state index contributed by atoms with van der Waals surface area (Å²) in [4.78, 5) is 11.6. The molecule has 21 heavy (non-hydrogen) atoms. The van der Waals surface area contributed by atoms with Crippen molar-refractivity contribution in [2.24, 2.45) is 5.92 Å². The first-order valence-corrected chi connectivity index (χ1v) is 7.21. The Bertz CT molecular complexity index is 546. The molecule has 1 aromatic heterocycles. The zero-order valence-corrected chi connectivity index (χ0v) is 12.5. The van der Waals surface area contributed by atoms with Crippen LogP contribution in [0, 0.1) is 5.92 Å². The first-order valence-electron chi connectivity index (χ1n) is 7.21. The van der Waals surface area contributed by atoms with Crippen LogP contribution in [0.25, 0.3) is 5.69 Å². The molecule has 0 saturated heterocycles. The van der Waals surface area contributed by atoms with E-state index in [9.17, 15) is 4.79 Å². The van der Waals surface area contributed by atoms with Gasteiger partial charge in [-0.25, -0.2) is 4.68 Å². The Balaban J connectivity index is 1.75. The number of hydrogen-bond donors (Lipinski definition) is 2. The maximum Gasteiger partial charge on any atom is 0.233 e. The van der Waals surface area contributed by atoms with Crippen LogP contribution >= 0.6 is 0 Å². The number of amides is 1. The third kappa shape index (κ3) is 5.04. The van der Waals surface area contributed by atoms with Gasteiger partial charge in [0.15, 0.2) is 0 Å². The lowest BCUT2D eigenvalue weighted by molar-refractivity contribution is -0.120. The largest absolute Gasteiger partial charge is 0.355 e. The number of carbonyl (C=O) groups excluding carboxylic acids is 1. The first-order chi connectivity index (χ1) is 10.1. The van der Waals surface area contributed by atoms with Gasteiger partial charge in [-0.3, -0.25) is 4.79 Å². The Morgan fingerprint density at radius 3 is 2.67 bits per heavy atom. The summed E-state index contributed by atoms with van der Waals surface area (Å²) in [5.41, 5.74) is 2.17. The van der Waals surface area contributed by atoms with Gasteiger partial charge in [0, 0.05) is 25.5 Å². The van der Waals surface area contributed by atoms with Gasteiger partial charge in [0.05, 0.1) is 12.2 Å². The number of carbonyl (C=O) groups is 1. The van der Waals surface area contributed by atoms with Crippen molar-refractivity contribution < 1.29 is 4.79 Å². The van der Waals surface area contributed by atoms with Crippen molar-refractivity contribution in [3.63, 3.8) is 0 Å². The van der Waals surface area contributed by atoms with Crippen molar-refractivity contribution in [1.29, 1.82) is 0 Å². The second kappa shape index (κ2) is 7.59.